The third kappa shape index (κ3) is 5.83. The lowest BCUT2D eigenvalue weighted by Gasteiger charge is -2.22. The van der Waals surface area contributed by atoms with Gasteiger partial charge in [0.2, 0.25) is 0 Å². The third-order valence-corrected chi connectivity index (χ3v) is 6.11. The van der Waals surface area contributed by atoms with Crippen LogP contribution in [0.15, 0.2) is 11.0 Å². The summed E-state index contributed by atoms with van der Waals surface area (Å²) in [5.41, 5.74) is 5.52. The standard InChI is InChI=1S/C11H19N3O8P2S2/c1-6-4-14(11(15)13-10(6)12)9-3-7(22-24(18,26)19-2)8(21-9)5-20-23(16,17)25/h4,7-9H,3,5H2,1-2H3,(H,18,26)(H2,12,13,15)(H2,16,17,25)/t7-,8-,9-,24?/m1/s1. The molecule has 0 aromatic carbocycles. The second-order valence-electron chi connectivity index (χ2n) is 5.45. The van der Waals surface area contributed by atoms with Gasteiger partial charge >= 0.3 is 19.2 Å². The Morgan fingerprint density at radius 3 is 2.81 bits per heavy atom. The van der Waals surface area contributed by atoms with Gasteiger partial charge < -0.3 is 29.3 Å². The monoisotopic (exact) mass is 447 g/mol. The average Bonchev–Trinajstić information content (AvgIpc) is 2.90. The highest BCUT2D eigenvalue weighted by molar-refractivity contribution is 8.44. The van der Waals surface area contributed by atoms with Gasteiger partial charge in [-0.15, -0.1) is 0 Å². The number of nitrogens with zero attached hydrogens (tertiary/aromatic N) is 2. The van der Waals surface area contributed by atoms with Crippen LogP contribution in [0.3, 0.4) is 0 Å². The second-order valence-corrected chi connectivity index (χ2v) is 11.1. The summed E-state index contributed by atoms with van der Waals surface area (Å²) < 4.78 is 33.0. The van der Waals surface area contributed by atoms with Crippen LogP contribution in [0.25, 0.3) is 0 Å². The smallest absolute Gasteiger partial charge is 0.383 e. The lowest BCUT2D eigenvalue weighted by atomic mass is 10.2. The third-order valence-electron chi connectivity index (χ3n) is 3.57. The molecule has 0 amide bonds. The Kier molecular flexibility index (Phi) is 7.06. The van der Waals surface area contributed by atoms with Gasteiger partial charge in [-0.3, -0.25) is 9.09 Å². The van der Waals surface area contributed by atoms with Crippen molar-refractivity contribution < 1.29 is 32.7 Å². The van der Waals surface area contributed by atoms with E-state index >= 15 is 0 Å². The SMILES string of the molecule is COP(O)(=S)O[C@@H]1C[C@H](n2cc(C)c(N)nc2=O)O[C@@H]1COP(=O)(O)S. The van der Waals surface area contributed by atoms with E-state index in [9.17, 15) is 19.1 Å². The van der Waals surface area contributed by atoms with E-state index in [0.29, 0.717) is 5.56 Å². The van der Waals surface area contributed by atoms with E-state index in [1.54, 1.807) is 6.92 Å². The van der Waals surface area contributed by atoms with Crippen LogP contribution in [0, 0.1) is 6.92 Å². The number of hydrogen-bond acceptors (Lipinski definition) is 9. The predicted octanol–water partition coefficient (Wildman–Crippen LogP) is 0.717. The Labute approximate surface area is 159 Å². The molecule has 0 saturated carbocycles. The van der Waals surface area contributed by atoms with E-state index in [-0.39, 0.29) is 18.8 Å². The van der Waals surface area contributed by atoms with Gasteiger partial charge in [0.05, 0.1) is 12.7 Å². The van der Waals surface area contributed by atoms with Crippen molar-refractivity contribution in [1.82, 2.24) is 9.55 Å². The second kappa shape index (κ2) is 8.36. The van der Waals surface area contributed by atoms with Crippen molar-refractivity contribution in [1.29, 1.82) is 0 Å². The Balaban J connectivity index is 2.26. The Morgan fingerprint density at radius 1 is 1.58 bits per heavy atom. The normalized spacial score (nSPS) is 27.8. The first kappa shape index (κ1) is 22.0. The maximum atomic E-state index is 12.1. The molecule has 0 radical (unpaired) electrons. The van der Waals surface area contributed by atoms with Gasteiger partial charge in [-0.25, -0.2) is 9.36 Å². The molecule has 0 bridgehead atoms. The Bertz CT molecular complexity index is 815. The summed E-state index contributed by atoms with van der Waals surface area (Å²) in [4.78, 5) is 34.8. The van der Waals surface area contributed by atoms with Gasteiger partial charge in [-0.1, -0.05) is 12.2 Å². The zero-order valence-electron chi connectivity index (χ0n) is 13.8. The number of rotatable bonds is 7. The molecule has 1 aliphatic rings. The highest BCUT2D eigenvalue weighted by Gasteiger charge is 2.41. The highest BCUT2D eigenvalue weighted by Crippen LogP contribution is 2.50. The molecule has 2 heterocycles. The van der Waals surface area contributed by atoms with E-state index in [2.05, 4.69) is 17.2 Å². The molecular formula is C11H19N3O8P2S2. The van der Waals surface area contributed by atoms with Crippen molar-refractivity contribution in [2.45, 2.75) is 31.8 Å². The average molecular weight is 447 g/mol. The molecule has 1 fully saturated rings. The van der Waals surface area contributed by atoms with Crippen molar-refractivity contribution >= 4 is 43.4 Å². The molecular weight excluding hydrogens is 428 g/mol. The number of nitrogen functional groups attached to an aromatic ring is 1. The zero-order chi connectivity index (χ0) is 19.7. The minimum absolute atomic E-state index is 0.0869. The lowest BCUT2D eigenvalue weighted by molar-refractivity contribution is -0.0395. The largest absolute Gasteiger partial charge is 0.383 e. The van der Waals surface area contributed by atoms with Crippen LogP contribution in [-0.4, -0.2) is 45.3 Å². The Morgan fingerprint density at radius 2 is 2.23 bits per heavy atom. The molecule has 0 spiro atoms. The van der Waals surface area contributed by atoms with E-state index in [0.717, 1.165) is 0 Å². The number of hydrogen-bond donors (Lipinski definition) is 4. The molecule has 26 heavy (non-hydrogen) atoms. The first-order valence-electron chi connectivity index (χ1n) is 7.19. The summed E-state index contributed by atoms with van der Waals surface area (Å²) >= 11 is 8.24. The summed E-state index contributed by atoms with van der Waals surface area (Å²) in [5.74, 6) is 0.0958. The number of ether oxygens (including phenoxy) is 1. The molecule has 4 N–H and O–H groups in total. The molecule has 2 rings (SSSR count). The van der Waals surface area contributed by atoms with Gasteiger partial charge in [-0.05, 0) is 18.7 Å². The highest BCUT2D eigenvalue weighted by atomic mass is 32.7. The molecule has 1 aromatic rings. The number of aryl methyl sites for hydroxylation is 1. The molecule has 1 aromatic heterocycles. The van der Waals surface area contributed by atoms with Crippen molar-refractivity contribution in [3.05, 3.63) is 22.2 Å². The quantitative estimate of drug-likeness (QED) is 0.345. The molecule has 5 atom stereocenters. The van der Waals surface area contributed by atoms with Crippen LogP contribution in [0.4, 0.5) is 5.82 Å². The van der Waals surface area contributed by atoms with Crippen molar-refractivity contribution in [3.63, 3.8) is 0 Å². The maximum Gasteiger partial charge on any atom is 0.383 e. The summed E-state index contributed by atoms with van der Waals surface area (Å²) in [5, 5.41) is 0. The van der Waals surface area contributed by atoms with Crippen molar-refractivity contribution in [2.75, 3.05) is 19.5 Å². The minimum atomic E-state index is -4.07. The van der Waals surface area contributed by atoms with Gasteiger partial charge in [0.1, 0.15) is 18.1 Å². The van der Waals surface area contributed by atoms with E-state index in [1.807, 2.05) is 0 Å². The molecule has 1 aliphatic heterocycles. The van der Waals surface area contributed by atoms with Gasteiger partial charge in [0, 0.05) is 25.3 Å². The number of thiol groups is 1. The van der Waals surface area contributed by atoms with Crippen LogP contribution in [0.1, 0.15) is 18.2 Å². The van der Waals surface area contributed by atoms with Crippen LogP contribution in [-0.2, 0) is 34.7 Å². The van der Waals surface area contributed by atoms with Gasteiger partial charge in [0.15, 0.2) is 0 Å². The summed E-state index contributed by atoms with van der Waals surface area (Å²) in [6, 6.07) is 0. The van der Waals surface area contributed by atoms with Crippen LogP contribution in [0.5, 0.6) is 0 Å². The minimum Gasteiger partial charge on any atom is -0.383 e. The number of aromatic nitrogens is 2. The van der Waals surface area contributed by atoms with Crippen LogP contribution >= 0.6 is 25.8 Å². The fourth-order valence-corrected chi connectivity index (χ4v) is 3.82. The molecule has 15 heteroatoms. The lowest BCUT2D eigenvalue weighted by Crippen LogP contribution is -2.29. The summed E-state index contributed by atoms with van der Waals surface area (Å²) in [7, 11) is 1.19. The van der Waals surface area contributed by atoms with E-state index < -0.39 is 37.6 Å². The Hall–Kier alpha value is -0.330. The molecule has 11 nitrogen and oxygen atoms in total. The van der Waals surface area contributed by atoms with Crippen molar-refractivity contribution in [2.24, 2.45) is 0 Å². The van der Waals surface area contributed by atoms with E-state index in [4.69, 9.17) is 35.8 Å². The first-order valence-corrected chi connectivity index (χ1v) is 12.5. The van der Waals surface area contributed by atoms with Crippen molar-refractivity contribution in [3.8, 4) is 0 Å². The molecule has 148 valence electrons. The molecule has 1 saturated heterocycles. The summed E-state index contributed by atoms with van der Waals surface area (Å²) in [6.45, 7) is -6.33. The molecule has 2 unspecified atom stereocenters. The van der Waals surface area contributed by atoms with Crippen LogP contribution < -0.4 is 11.4 Å². The number of nitrogens with two attached hydrogens (primary N) is 1. The molecule has 0 aliphatic carbocycles. The van der Waals surface area contributed by atoms with E-state index in [1.165, 1.54) is 17.9 Å². The zero-order valence-corrected chi connectivity index (χ0v) is 17.3. The van der Waals surface area contributed by atoms with Crippen LogP contribution in [0.2, 0.25) is 0 Å². The topological polar surface area (TPSA) is 155 Å². The van der Waals surface area contributed by atoms with Gasteiger partial charge in [0.25, 0.3) is 0 Å². The maximum absolute atomic E-state index is 12.1. The summed E-state index contributed by atoms with van der Waals surface area (Å²) in [6.07, 6.45) is -1.06. The predicted molar refractivity (Wildman–Crippen MR) is 99.3 cm³/mol. The number of anilines is 1. The fraction of sp³-hybridized carbons (Fsp3) is 0.636. The van der Waals surface area contributed by atoms with Gasteiger partial charge in [-0.2, -0.15) is 4.98 Å². The first-order chi connectivity index (χ1) is 11.9. The fourth-order valence-electron chi connectivity index (χ4n) is 2.30.